The van der Waals surface area contributed by atoms with E-state index in [9.17, 15) is 10.1 Å². The molecule has 2 aromatic carbocycles. The molecule has 3 aromatic rings. The highest BCUT2D eigenvalue weighted by Gasteiger charge is 2.23. The molecule has 1 heterocycles. The Morgan fingerprint density at radius 1 is 1.20 bits per heavy atom. The van der Waals surface area contributed by atoms with Gasteiger partial charge < -0.3 is 15.0 Å². The number of anilines is 1. The third kappa shape index (κ3) is 2.95. The van der Waals surface area contributed by atoms with Crippen LogP contribution in [0.15, 0.2) is 54.7 Å². The summed E-state index contributed by atoms with van der Waals surface area (Å²) in [5.41, 5.74) is 7.70. The van der Waals surface area contributed by atoms with Gasteiger partial charge >= 0.3 is 0 Å². The van der Waals surface area contributed by atoms with Crippen molar-refractivity contribution >= 4 is 23.1 Å². The Bertz CT molecular complexity index is 985. The first-order valence-corrected chi connectivity index (χ1v) is 7.79. The van der Waals surface area contributed by atoms with Gasteiger partial charge in [0.15, 0.2) is 0 Å². The Kier molecular flexibility index (Phi) is 4.46. The number of nitriles is 1. The highest BCUT2D eigenvalue weighted by Crippen LogP contribution is 2.31. The van der Waals surface area contributed by atoms with E-state index >= 15 is 0 Å². The first kappa shape index (κ1) is 16.6. The van der Waals surface area contributed by atoms with Gasteiger partial charge in [-0.1, -0.05) is 23.7 Å². The summed E-state index contributed by atoms with van der Waals surface area (Å²) in [7, 11) is 1.54. The molecule has 2 N–H and O–H groups in total. The SMILES string of the molecule is COc1ccccc1-n1cc(C#N)c(N)c1C(=O)c1ccc(Cl)cc1. The predicted molar refractivity (Wildman–Crippen MR) is 96.3 cm³/mol. The number of carbonyl (C=O) groups excluding carboxylic acids is 1. The number of rotatable bonds is 4. The number of nitrogen functional groups attached to an aromatic ring is 1. The van der Waals surface area contributed by atoms with Crippen molar-refractivity contribution in [1.82, 2.24) is 4.57 Å². The van der Waals surface area contributed by atoms with Gasteiger partial charge in [0.25, 0.3) is 0 Å². The van der Waals surface area contributed by atoms with Gasteiger partial charge in [-0.05, 0) is 36.4 Å². The second kappa shape index (κ2) is 6.71. The molecule has 124 valence electrons. The number of aromatic nitrogens is 1. The third-order valence-corrected chi connectivity index (χ3v) is 4.08. The van der Waals surface area contributed by atoms with Gasteiger partial charge in [-0.25, -0.2) is 0 Å². The second-order valence-electron chi connectivity index (χ2n) is 5.29. The Labute approximate surface area is 149 Å². The predicted octanol–water partition coefficient (Wildman–Crippen LogP) is 3.82. The van der Waals surface area contributed by atoms with Crippen LogP contribution in [-0.2, 0) is 0 Å². The van der Waals surface area contributed by atoms with Crippen molar-refractivity contribution in [2.45, 2.75) is 0 Å². The Balaban J connectivity index is 2.23. The Hall–Kier alpha value is -3.23. The lowest BCUT2D eigenvalue weighted by molar-refractivity contribution is 0.103. The molecule has 0 amide bonds. The van der Waals surface area contributed by atoms with Gasteiger partial charge in [0, 0.05) is 16.8 Å². The summed E-state index contributed by atoms with van der Waals surface area (Å²) in [4.78, 5) is 13.0. The van der Waals surface area contributed by atoms with Crippen LogP contribution in [0.3, 0.4) is 0 Å². The molecule has 0 aliphatic rings. The minimum atomic E-state index is -0.304. The molecule has 0 bridgehead atoms. The maximum atomic E-state index is 13.0. The van der Waals surface area contributed by atoms with Gasteiger partial charge in [-0.2, -0.15) is 5.26 Å². The molecule has 0 fully saturated rings. The fraction of sp³-hybridized carbons (Fsp3) is 0.0526. The largest absolute Gasteiger partial charge is 0.495 e. The van der Waals surface area contributed by atoms with Crippen LogP contribution in [-0.4, -0.2) is 17.5 Å². The number of hydrogen-bond acceptors (Lipinski definition) is 4. The van der Waals surface area contributed by atoms with Crippen LogP contribution in [0.25, 0.3) is 5.69 Å². The second-order valence-corrected chi connectivity index (χ2v) is 5.73. The molecular formula is C19H14ClN3O2. The van der Waals surface area contributed by atoms with Gasteiger partial charge in [0.2, 0.25) is 5.78 Å². The van der Waals surface area contributed by atoms with E-state index in [1.165, 1.54) is 13.3 Å². The number of ether oxygens (including phenoxy) is 1. The van der Waals surface area contributed by atoms with Crippen LogP contribution >= 0.6 is 11.6 Å². The number of nitrogens with two attached hydrogens (primary N) is 1. The Morgan fingerprint density at radius 2 is 1.88 bits per heavy atom. The Morgan fingerprint density at radius 3 is 2.52 bits per heavy atom. The zero-order chi connectivity index (χ0) is 18.0. The maximum absolute atomic E-state index is 13.0. The molecule has 0 radical (unpaired) electrons. The molecular weight excluding hydrogens is 338 g/mol. The lowest BCUT2D eigenvalue weighted by Gasteiger charge is -2.13. The molecule has 0 saturated carbocycles. The van der Waals surface area contributed by atoms with Gasteiger partial charge in [-0.3, -0.25) is 4.79 Å². The first-order valence-electron chi connectivity index (χ1n) is 7.41. The van der Waals surface area contributed by atoms with E-state index in [-0.39, 0.29) is 22.7 Å². The van der Waals surface area contributed by atoms with Crippen molar-refractivity contribution in [2.24, 2.45) is 0 Å². The molecule has 0 unspecified atom stereocenters. The van der Waals surface area contributed by atoms with Crippen molar-refractivity contribution in [3.05, 3.63) is 76.6 Å². The van der Waals surface area contributed by atoms with Crippen LogP contribution in [0, 0.1) is 11.3 Å². The molecule has 0 spiro atoms. The van der Waals surface area contributed by atoms with Crippen LogP contribution in [0.2, 0.25) is 5.02 Å². The van der Waals surface area contributed by atoms with Gasteiger partial charge in [-0.15, -0.1) is 0 Å². The summed E-state index contributed by atoms with van der Waals surface area (Å²) in [5, 5.41) is 9.84. The van der Waals surface area contributed by atoms with Crippen molar-refractivity contribution in [3.8, 4) is 17.5 Å². The summed E-state index contributed by atoms with van der Waals surface area (Å²) in [6.07, 6.45) is 1.54. The molecule has 3 rings (SSSR count). The normalized spacial score (nSPS) is 10.3. The van der Waals surface area contributed by atoms with Crippen LogP contribution in [0.1, 0.15) is 21.6 Å². The number of methoxy groups -OCH3 is 1. The molecule has 0 aliphatic carbocycles. The highest BCUT2D eigenvalue weighted by atomic mass is 35.5. The smallest absolute Gasteiger partial charge is 0.211 e. The summed E-state index contributed by atoms with van der Waals surface area (Å²) in [6, 6.07) is 15.7. The fourth-order valence-electron chi connectivity index (χ4n) is 2.60. The third-order valence-electron chi connectivity index (χ3n) is 3.83. The molecule has 6 heteroatoms. The topological polar surface area (TPSA) is 81.0 Å². The van der Waals surface area contributed by atoms with E-state index in [0.717, 1.165) is 0 Å². The van der Waals surface area contributed by atoms with Gasteiger partial charge in [0.05, 0.1) is 24.0 Å². The van der Waals surface area contributed by atoms with E-state index in [0.29, 0.717) is 22.0 Å². The minimum absolute atomic E-state index is 0.133. The van der Waals surface area contributed by atoms with Crippen LogP contribution < -0.4 is 10.5 Å². The van der Waals surface area contributed by atoms with E-state index in [2.05, 4.69) is 0 Å². The summed E-state index contributed by atoms with van der Waals surface area (Å²) in [6.45, 7) is 0. The molecule has 0 aliphatic heterocycles. The number of nitrogens with zero attached hydrogens (tertiary/aromatic N) is 2. The van der Waals surface area contributed by atoms with Crippen molar-refractivity contribution in [1.29, 1.82) is 5.26 Å². The highest BCUT2D eigenvalue weighted by molar-refractivity contribution is 6.30. The van der Waals surface area contributed by atoms with E-state index < -0.39 is 0 Å². The van der Waals surface area contributed by atoms with E-state index in [1.54, 1.807) is 41.0 Å². The number of ketones is 1. The van der Waals surface area contributed by atoms with Crippen LogP contribution in [0.5, 0.6) is 5.75 Å². The minimum Gasteiger partial charge on any atom is -0.495 e. The average Bonchev–Trinajstić information content (AvgIpc) is 2.98. The van der Waals surface area contributed by atoms with Gasteiger partial charge in [0.1, 0.15) is 17.5 Å². The lowest BCUT2D eigenvalue weighted by atomic mass is 10.1. The summed E-state index contributed by atoms with van der Waals surface area (Å²) in [5.74, 6) is 0.258. The standard InChI is InChI=1S/C19H14ClN3O2/c1-25-16-5-3-2-4-15(16)23-11-13(10-21)17(22)18(23)19(24)12-6-8-14(20)9-7-12/h2-9,11H,22H2,1H3. The van der Waals surface area contributed by atoms with E-state index in [4.69, 9.17) is 22.1 Å². The summed E-state index contributed by atoms with van der Waals surface area (Å²) >= 11 is 5.89. The number of para-hydroxylation sites is 2. The van der Waals surface area contributed by atoms with Crippen molar-refractivity contribution in [3.63, 3.8) is 0 Å². The maximum Gasteiger partial charge on any atom is 0.211 e. The summed E-state index contributed by atoms with van der Waals surface area (Å²) < 4.78 is 6.95. The quantitative estimate of drug-likeness (QED) is 0.724. The number of benzene rings is 2. The zero-order valence-electron chi connectivity index (χ0n) is 13.4. The molecule has 5 nitrogen and oxygen atoms in total. The average molecular weight is 352 g/mol. The monoisotopic (exact) mass is 351 g/mol. The van der Waals surface area contributed by atoms with Crippen molar-refractivity contribution in [2.75, 3.05) is 12.8 Å². The molecule has 0 atom stereocenters. The number of carbonyl (C=O) groups is 1. The fourth-order valence-corrected chi connectivity index (χ4v) is 2.72. The zero-order valence-corrected chi connectivity index (χ0v) is 14.1. The number of halogens is 1. The van der Waals surface area contributed by atoms with Crippen molar-refractivity contribution < 1.29 is 9.53 Å². The lowest BCUT2D eigenvalue weighted by Crippen LogP contribution is -2.11. The molecule has 1 aromatic heterocycles. The number of hydrogen-bond donors (Lipinski definition) is 1. The van der Waals surface area contributed by atoms with Crippen LogP contribution in [0.4, 0.5) is 5.69 Å². The molecule has 0 saturated heterocycles. The first-order chi connectivity index (χ1) is 12.1. The molecule has 25 heavy (non-hydrogen) atoms. The van der Waals surface area contributed by atoms with E-state index in [1.807, 2.05) is 18.2 Å².